The Morgan fingerprint density at radius 2 is 1.73 bits per heavy atom. The van der Waals surface area contributed by atoms with Gasteiger partial charge >= 0.3 is 0 Å². The van der Waals surface area contributed by atoms with Crippen molar-refractivity contribution in [3.63, 3.8) is 0 Å². The molecule has 0 unspecified atom stereocenters. The number of hydrogen-bond acceptors (Lipinski definition) is 3. The highest BCUT2D eigenvalue weighted by atomic mass is 35.5. The van der Waals surface area contributed by atoms with Crippen LogP contribution >= 0.6 is 12.4 Å². The Morgan fingerprint density at radius 3 is 2.40 bits per heavy atom. The quantitative estimate of drug-likeness (QED) is 0.686. The minimum absolute atomic E-state index is 0. The Balaban J connectivity index is 0.00000196. The van der Waals surface area contributed by atoms with Gasteiger partial charge in [0, 0.05) is 13.2 Å². The summed E-state index contributed by atoms with van der Waals surface area (Å²) in [5, 5.41) is 3.37. The minimum atomic E-state index is 0. The maximum absolute atomic E-state index is 5.49. The van der Waals surface area contributed by atoms with E-state index < -0.39 is 0 Å². The molecule has 0 bridgehead atoms. The van der Waals surface area contributed by atoms with E-state index in [2.05, 4.69) is 5.32 Å². The van der Waals surface area contributed by atoms with Crippen LogP contribution in [0.1, 0.15) is 26.2 Å². The van der Waals surface area contributed by atoms with Gasteiger partial charge in [-0.15, -0.1) is 12.4 Å². The van der Waals surface area contributed by atoms with Gasteiger partial charge in [0.2, 0.25) is 0 Å². The lowest BCUT2D eigenvalue weighted by atomic mass is 9.95. The van der Waals surface area contributed by atoms with Crippen molar-refractivity contribution in [2.24, 2.45) is 5.92 Å². The van der Waals surface area contributed by atoms with Gasteiger partial charge in [-0.2, -0.15) is 0 Å². The summed E-state index contributed by atoms with van der Waals surface area (Å²) in [6.07, 6.45) is 3.84. The molecule has 1 aliphatic rings. The predicted octanol–water partition coefficient (Wildman–Crippen LogP) is 1.85. The largest absolute Gasteiger partial charge is 0.379 e. The molecule has 0 aliphatic carbocycles. The standard InChI is InChI=1S/C11H23NO2.ClH/c1-2-13-9-10-14-8-5-11-3-6-12-7-4-11;/h11-12H,2-10H2,1H3;1H. The zero-order chi connectivity index (χ0) is 10.1. The molecule has 0 aromatic heterocycles. The SMILES string of the molecule is CCOCCOCCC1CCNCC1.Cl. The van der Waals surface area contributed by atoms with Crippen molar-refractivity contribution in [2.75, 3.05) is 39.5 Å². The first-order valence-electron chi connectivity index (χ1n) is 5.79. The molecule has 0 aromatic carbocycles. The molecule has 0 aromatic rings. The first-order chi connectivity index (χ1) is 6.93. The fraction of sp³-hybridized carbons (Fsp3) is 1.00. The molecule has 15 heavy (non-hydrogen) atoms. The Morgan fingerprint density at radius 1 is 1.07 bits per heavy atom. The number of piperidine rings is 1. The van der Waals surface area contributed by atoms with Crippen LogP contribution in [0.15, 0.2) is 0 Å². The molecule has 1 aliphatic heterocycles. The fourth-order valence-electron chi connectivity index (χ4n) is 1.78. The lowest BCUT2D eigenvalue weighted by Gasteiger charge is -2.22. The van der Waals surface area contributed by atoms with Crippen molar-refractivity contribution in [1.82, 2.24) is 5.32 Å². The molecule has 3 nitrogen and oxygen atoms in total. The first kappa shape index (κ1) is 15.2. The summed E-state index contributed by atoms with van der Waals surface area (Å²) in [6, 6.07) is 0. The van der Waals surface area contributed by atoms with Crippen molar-refractivity contribution in [2.45, 2.75) is 26.2 Å². The van der Waals surface area contributed by atoms with Gasteiger partial charge in [-0.1, -0.05) is 0 Å². The van der Waals surface area contributed by atoms with Crippen LogP contribution in [0.2, 0.25) is 0 Å². The number of ether oxygens (including phenoxy) is 2. The normalized spacial score (nSPS) is 17.4. The lowest BCUT2D eigenvalue weighted by molar-refractivity contribution is 0.0460. The third-order valence-corrected chi connectivity index (χ3v) is 2.71. The maximum atomic E-state index is 5.49. The van der Waals surface area contributed by atoms with Crippen LogP contribution in [0.5, 0.6) is 0 Å². The van der Waals surface area contributed by atoms with Crippen LogP contribution in [0, 0.1) is 5.92 Å². The van der Waals surface area contributed by atoms with E-state index >= 15 is 0 Å². The topological polar surface area (TPSA) is 30.5 Å². The number of rotatable bonds is 7. The first-order valence-corrected chi connectivity index (χ1v) is 5.79. The highest BCUT2D eigenvalue weighted by Gasteiger charge is 2.11. The molecule has 1 rings (SSSR count). The van der Waals surface area contributed by atoms with Crippen LogP contribution in [-0.4, -0.2) is 39.5 Å². The van der Waals surface area contributed by atoms with E-state index in [1.54, 1.807) is 0 Å². The van der Waals surface area contributed by atoms with Gasteiger partial charge in [-0.25, -0.2) is 0 Å². The predicted molar refractivity (Wildman–Crippen MR) is 64.8 cm³/mol. The fourth-order valence-corrected chi connectivity index (χ4v) is 1.78. The molecule has 0 atom stereocenters. The average Bonchev–Trinajstić information content (AvgIpc) is 2.25. The smallest absolute Gasteiger partial charge is 0.0700 e. The molecular weight excluding hydrogens is 214 g/mol. The molecule has 4 heteroatoms. The van der Waals surface area contributed by atoms with Crippen molar-refractivity contribution in [3.8, 4) is 0 Å². The lowest BCUT2D eigenvalue weighted by Crippen LogP contribution is -2.28. The molecule has 0 spiro atoms. The van der Waals surface area contributed by atoms with E-state index in [1.165, 1.54) is 32.4 Å². The van der Waals surface area contributed by atoms with Crippen molar-refractivity contribution >= 4 is 12.4 Å². The van der Waals surface area contributed by atoms with Gasteiger partial charge < -0.3 is 14.8 Å². The maximum Gasteiger partial charge on any atom is 0.0700 e. The summed E-state index contributed by atoms with van der Waals surface area (Å²) >= 11 is 0. The van der Waals surface area contributed by atoms with Crippen molar-refractivity contribution in [3.05, 3.63) is 0 Å². The molecule has 0 saturated carbocycles. The van der Waals surface area contributed by atoms with Gasteiger partial charge in [-0.3, -0.25) is 0 Å². The molecule has 0 radical (unpaired) electrons. The Kier molecular flexibility index (Phi) is 10.8. The number of hydrogen-bond donors (Lipinski definition) is 1. The van der Waals surface area contributed by atoms with E-state index in [0.29, 0.717) is 0 Å². The molecule has 92 valence electrons. The zero-order valence-electron chi connectivity index (χ0n) is 9.67. The van der Waals surface area contributed by atoms with Gasteiger partial charge in [0.15, 0.2) is 0 Å². The highest BCUT2D eigenvalue weighted by Crippen LogP contribution is 2.15. The van der Waals surface area contributed by atoms with Crippen LogP contribution < -0.4 is 5.32 Å². The van der Waals surface area contributed by atoms with Crippen LogP contribution in [0.4, 0.5) is 0 Å². The van der Waals surface area contributed by atoms with Crippen LogP contribution in [-0.2, 0) is 9.47 Å². The Labute approximate surface area is 99.3 Å². The third kappa shape index (κ3) is 8.03. The molecule has 1 saturated heterocycles. The monoisotopic (exact) mass is 237 g/mol. The van der Waals surface area contributed by atoms with E-state index in [-0.39, 0.29) is 12.4 Å². The van der Waals surface area contributed by atoms with Crippen LogP contribution in [0.25, 0.3) is 0 Å². The van der Waals surface area contributed by atoms with Crippen molar-refractivity contribution < 1.29 is 9.47 Å². The van der Waals surface area contributed by atoms with E-state index in [9.17, 15) is 0 Å². The molecule has 1 N–H and O–H groups in total. The molecular formula is C11H24ClNO2. The second-order valence-corrected chi connectivity index (χ2v) is 3.79. The summed E-state index contributed by atoms with van der Waals surface area (Å²) in [5.41, 5.74) is 0. The third-order valence-electron chi connectivity index (χ3n) is 2.71. The van der Waals surface area contributed by atoms with Gasteiger partial charge in [-0.05, 0) is 45.2 Å². The molecule has 0 amide bonds. The average molecular weight is 238 g/mol. The summed E-state index contributed by atoms with van der Waals surface area (Å²) in [4.78, 5) is 0. The highest BCUT2D eigenvalue weighted by molar-refractivity contribution is 5.85. The van der Waals surface area contributed by atoms with Gasteiger partial charge in [0.25, 0.3) is 0 Å². The zero-order valence-corrected chi connectivity index (χ0v) is 10.5. The summed E-state index contributed by atoms with van der Waals surface area (Å²) < 4.78 is 10.7. The second-order valence-electron chi connectivity index (χ2n) is 3.79. The Hall–Kier alpha value is 0.170. The van der Waals surface area contributed by atoms with E-state index in [4.69, 9.17) is 9.47 Å². The molecule has 1 heterocycles. The number of halogens is 1. The number of nitrogens with one attached hydrogen (secondary N) is 1. The van der Waals surface area contributed by atoms with E-state index in [0.717, 1.165) is 32.3 Å². The van der Waals surface area contributed by atoms with Gasteiger partial charge in [0.05, 0.1) is 13.2 Å². The minimum Gasteiger partial charge on any atom is -0.379 e. The second kappa shape index (κ2) is 10.7. The van der Waals surface area contributed by atoms with Crippen molar-refractivity contribution in [1.29, 1.82) is 0 Å². The Bertz CT molecular complexity index is 130. The summed E-state index contributed by atoms with van der Waals surface area (Å²) in [5.74, 6) is 0.878. The van der Waals surface area contributed by atoms with E-state index in [1.807, 2.05) is 6.92 Å². The van der Waals surface area contributed by atoms with Gasteiger partial charge in [0.1, 0.15) is 0 Å². The summed E-state index contributed by atoms with van der Waals surface area (Å²) in [7, 11) is 0. The summed E-state index contributed by atoms with van der Waals surface area (Å²) in [6.45, 7) is 7.55. The van der Waals surface area contributed by atoms with Crippen LogP contribution in [0.3, 0.4) is 0 Å². The molecule has 1 fully saturated rings.